The summed E-state index contributed by atoms with van der Waals surface area (Å²) >= 11 is 0. The average Bonchev–Trinajstić information content (AvgIpc) is 3.00. The smallest absolute Gasteiger partial charge is 0.351 e. The van der Waals surface area contributed by atoms with E-state index >= 15 is 0 Å². The number of aryl methyl sites for hydroxylation is 1. The second-order valence-corrected chi connectivity index (χ2v) is 6.19. The number of carboxylic acids is 1. The molecule has 0 saturated heterocycles. The van der Waals surface area contributed by atoms with Crippen molar-refractivity contribution in [2.45, 2.75) is 32.0 Å². The van der Waals surface area contributed by atoms with E-state index in [1.165, 1.54) is 0 Å². The summed E-state index contributed by atoms with van der Waals surface area (Å²) in [6, 6.07) is 13.2. The number of hydrogen-bond acceptors (Lipinski definition) is 5. The molecule has 1 aliphatic heterocycles. The molecule has 2 aromatic rings. The van der Waals surface area contributed by atoms with Crippen LogP contribution in [0.1, 0.15) is 23.2 Å². The van der Waals surface area contributed by atoms with Gasteiger partial charge in [-0.05, 0) is 30.2 Å². The van der Waals surface area contributed by atoms with E-state index in [0.717, 1.165) is 16.8 Å². The Balaban J connectivity index is 1.57. The third kappa shape index (κ3) is 4.22. The lowest BCUT2D eigenvalue weighted by molar-refractivity contribution is -0.162. The quantitative estimate of drug-likeness (QED) is 0.838. The number of hydrogen-bond donors (Lipinski definition) is 1. The Morgan fingerprint density at radius 2 is 2.04 bits per heavy atom. The molecule has 0 fully saturated rings. The molecule has 6 nitrogen and oxygen atoms in total. The number of pyridine rings is 1. The maximum Gasteiger partial charge on any atom is 0.351 e. The summed E-state index contributed by atoms with van der Waals surface area (Å²) < 4.78 is 5.65. The molecule has 0 aliphatic carbocycles. The van der Waals surface area contributed by atoms with Crippen molar-refractivity contribution in [2.75, 3.05) is 6.61 Å². The number of nitrogens with zero attached hydrogens (tertiary/aromatic N) is 2. The first-order chi connectivity index (χ1) is 12.1. The number of carboxylic acid groups (broad SMARTS) is 1. The summed E-state index contributed by atoms with van der Waals surface area (Å²) in [5.41, 5.74) is 2.09. The lowest BCUT2D eigenvalue weighted by Gasteiger charge is -2.21. The summed E-state index contributed by atoms with van der Waals surface area (Å²) in [4.78, 5) is 21.2. The van der Waals surface area contributed by atoms with Crippen LogP contribution in [0.2, 0.25) is 0 Å². The van der Waals surface area contributed by atoms with Gasteiger partial charge in [-0.3, -0.25) is 4.98 Å². The molecule has 1 aliphatic rings. The van der Waals surface area contributed by atoms with Crippen LogP contribution in [0.4, 0.5) is 0 Å². The van der Waals surface area contributed by atoms with Gasteiger partial charge in [0.05, 0.1) is 18.9 Å². The van der Waals surface area contributed by atoms with E-state index in [9.17, 15) is 9.90 Å². The number of ether oxygens (including phenoxy) is 1. The zero-order valence-corrected chi connectivity index (χ0v) is 14.0. The average molecular weight is 340 g/mol. The first kappa shape index (κ1) is 17.1. The SMILES string of the molecule is Cc1cc(COCC2=NOC(Cc3ccccc3)(C(=O)O)C2)ccn1. The van der Waals surface area contributed by atoms with Gasteiger partial charge in [0.15, 0.2) is 0 Å². The lowest BCUT2D eigenvalue weighted by Crippen LogP contribution is -2.41. The number of rotatable bonds is 7. The number of oxime groups is 1. The van der Waals surface area contributed by atoms with Gasteiger partial charge < -0.3 is 14.7 Å². The van der Waals surface area contributed by atoms with Crippen molar-refractivity contribution in [2.24, 2.45) is 5.16 Å². The van der Waals surface area contributed by atoms with E-state index in [1.54, 1.807) is 6.20 Å². The zero-order valence-electron chi connectivity index (χ0n) is 14.0. The van der Waals surface area contributed by atoms with Gasteiger partial charge in [-0.2, -0.15) is 0 Å². The van der Waals surface area contributed by atoms with E-state index in [1.807, 2.05) is 49.4 Å². The van der Waals surface area contributed by atoms with Crippen LogP contribution in [0, 0.1) is 6.92 Å². The van der Waals surface area contributed by atoms with Crippen LogP contribution < -0.4 is 0 Å². The highest BCUT2D eigenvalue weighted by atomic mass is 16.7. The topological polar surface area (TPSA) is 81.0 Å². The molecule has 1 aromatic heterocycles. The first-order valence-corrected chi connectivity index (χ1v) is 8.08. The van der Waals surface area contributed by atoms with E-state index in [4.69, 9.17) is 9.57 Å². The van der Waals surface area contributed by atoms with Crippen LogP contribution >= 0.6 is 0 Å². The molecule has 0 amide bonds. The van der Waals surface area contributed by atoms with E-state index < -0.39 is 11.6 Å². The predicted molar refractivity (Wildman–Crippen MR) is 92.3 cm³/mol. The number of aromatic nitrogens is 1. The maximum atomic E-state index is 11.8. The Labute approximate surface area is 146 Å². The summed E-state index contributed by atoms with van der Waals surface area (Å²) in [5.74, 6) is -1.01. The van der Waals surface area contributed by atoms with Crippen LogP contribution in [0.25, 0.3) is 0 Å². The number of carbonyl (C=O) groups is 1. The minimum atomic E-state index is -1.35. The molecule has 3 rings (SSSR count). The normalized spacial score (nSPS) is 19.3. The Bertz CT molecular complexity index is 776. The molecule has 6 heteroatoms. The van der Waals surface area contributed by atoms with Gasteiger partial charge in [-0.15, -0.1) is 0 Å². The molecule has 2 heterocycles. The first-order valence-electron chi connectivity index (χ1n) is 8.08. The Hall–Kier alpha value is -2.73. The van der Waals surface area contributed by atoms with E-state index in [-0.39, 0.29) is 19.4 Å². The van der Waals surface area contributed by atoms with Crippen molar-refractivity contribution in [3.05, 3.63) is 65.5 Å². The van der Waals surface area contributed by atoms with Gasteiger partial charge in [0.2, 0.25) is 5.60 Å². The summed E-state index contributed by atoms with van der Waals surface area (Å²) in [7, 11) is 0. The highest BCUT2D eigenvalue weighted by molar-refractivity contribution is 5.94. The monoisotopic (exact) mass is 340 g/mol. The van der Waals surface area contributed by atoms with Crippen molar-refractivity contribution < 1.29 is 19.5 Å². The van der Waals surface area contributed by atoms with Crippen molar-refractivity contribution in [3.63, 3.8) is 0 Å². The Morgan fingerprint density at radius 3 is 2.76 bits per heavy atom. The molecule has 0 bridgehead atoms. The van der Waals surface area contributed by atoms with Gasteiger partial charge in [-0.25, -0.2) is 4.79 Å². The molecule has 1 N–H and O–H groups in total. The highest BCUT2D eigenvalue weighted by Gasteiger charge is 2.46. The summed E-state index contributed by atoms with van der Waals surface area (Å²) in [5, 5.41) is 13.6. The summed E-state index contributed by atoms with van der Waals surface area (Å²) in [6.45, 7) is 2.58. The van der Waals surface area contributed by atoms with E-state index in [0.29, 0.717) is 12.3 Å². The molecule has 130 valence electrons. The van der Waals surface area contributed by atoms with Crippen LogP contribution in [0.5, 0.6) is 0 Å². The van der Waals surface area contributed by atoms with Gasteiger partial charge >= 0.3 is 5.97 Å². The van der Waals surface area contributed by atoms with Crippen LogP contribution in [-0.4, -0.2) is 34.0 Å². The van der Waals surface area contributed by atoms with Gasteiger partial charge in [0.25, 0.3) is 0 Å². The van der Waals surface area contributed by atoms with Crippen molar-refractivity contribution in [3.8, 4) is 0 Å². The van der Waals surface area contributed by atoms with Crippen LogP contribution in [0.3, 0.4) is 0 Å². The fourth-order valence-corrected chi connectivity index (χ4v) is 2.81. The van der Waals surface area contributed by atoms with Crippen LogP contribution in [0.15, 0.2) is 53.8 Å². The third-order valence-corrected chi connectivity index (χ3v) is 4.06. The largest absolute Gasteiger partial charge is 0.478 e. The molecule has 1 unspecified atom stereocenters. The molecule has 1 aromatic carbocycles. The highest BCUT2D eigenvalue weighted by Crippen LogP contribution is 2.29. The molecule has 0 spiro atoms. The number of aliphatic carboxylic acids is 1. The van der Waals surface area contributed by atoms with E-state index in [2.05, 4.69) is 10.1 Å². The molecular formula is C19H20N2O4. The molecule has 0 saturated carbocycles. The lowest BCUT2D eigenvalue weighted by atomic mass is 9.90. The molecule has 0 radical (unpaired) electrons. The Kier molecular flexibility index (Phi) is 5.09. The van der Waals surface area contributed by atoms with Crippen molar-refractivity contribution >= 4 is 11.7 Å². The Morgan fingerprint density at radius 1 is 1.24 bits per heavy atom. The second-order valence-electron chi connectivity index (χ2n) is 6.19. The molecule has 25 heavy (non-hydrogen) atoms. The minimum absolute atomic E-state index is 0.215. The summed E-state index contributed by atoms with van der Waals surface area (Å²) in [6.07, 6.45) is 2.21. The van der Waals surface area contributed by atoms with Gasteiger partial charge in [0, 0.05) is 24.7 Å². The van der Waals surface area contributed by atoms with Gasteiger partial charge in [-0.1, -0.05) is 35.5 Å². The van der Waals surface area contributed by atoms with Crippen molar-refractivity contribution in [1.82, 2.24) is 4.98 Å². The zero-order chi connectivity index (χ0) is 17.7. The molecule has 1 atom stereocenters. The standard InChI is InChI=1S/C19H20N2O4/c1-14-9-16(7-8-20-14)12-24-13-17-11-19(18(22)23,25-21-17)10-15-5-3-2-4-6-15/h2-9H,10-13H2,1H3,(H,22,23). The van der Waals surface area contributed by atoms with Gasteiger partial charge in [0.1, 0.15) is 0 Å². The third-order valence-electron chi connectivity index (χ3n) is 4.06. The van der Waals surface area contributed by atoms with Crippen LogP contribution in [-0.2, 0) is 27.4 Å². The fourth-order valence-electron chi connectivity index (χ4n) is 2.81. The van der Waals surface area contributed by atoms with Crippen molar-refractivity contribution in [1.29, 1.82) is 0 Å². The second kappa shape index (κ2) is 7.44. The predicted octanol–water partition coefficient (Wildman–Crippen LogP) is 2.75. The number of benzene rings is 1. The maximum absolute atomic E-state index is 11.8. The fraction of sp³-hybridized carbons (Fsp3) is 0.316. The minimum Gasteiger partial charge on any atom is -0.478 e. The molecular weight excluding hydrogens is 320 g/mol.